The summed E-state index contributed by atoms with van der Waals surface area (Å²) in [5, 5.41) is 7.19. The van der Waals surface area contributed by atoms with Crippen LogP contribution in [0.4, 0.5) is 13.6 Å². The normalized spacial score (nSPS) is 33.6. The Labute approximate surface area is 229 Å². The van der Waals surface area contributed by atoms with Gasteiger partial charge in [-0.15, -0.1) is 0 Å². The van der Waals surface area contributed by atoms with Crippen molar-refractivity contribution in [2.45, 2.75) is 107 Å². The number of allylic oxidation sites excluding steroid dienone is 2. The number of nitrogens with zero attached hydrogens (tertiary/aromatic N) is 5. The highest BCUT2D eigenvalue weighted by Crippen LogP contribution is 2.43. The summed E-state index contributed by atoms with van der Waals surface area (Å²) in [5.74, 6) is -1.15. The molecule has 2 saturated heterocycles. The molecule has 2 saturated carbocycles. The van der Waals surface area contributed by atoms with Gasteiger partial charge in [0, 0.05) is 62.6 Å². The van der Waals surface area contributed by atoms with Crippen LogP contribution in [-0.2, 0) is 5.41 Å². The van der Waals surface area contributed by atoms with Crippen LogP contribution in [0.25, 0.3) is 0 Å². The second-order valence-corrected chi connectivity index (χ2v) is 12.8. The second kappa shape index (κ2) is 10.3. The minimum Gasteiger partial charge on any atom is -0.339 e. The number of carbonyl (C=O) groups is 1. The molecule has 1 aromatic rings. The summed E-state index contributed by atoms with van der Waals surface area (Å²) < 4.78 is 36.4. The summed E-state index contributed by atoms with van der Waals surface area (Å²) >= 11 is 0. The molecule has 2 amide bonds. The van der Waals surface area contributed by atoms with Crippen LogP contribution in [0.2, 0.25) is 0 Å². The smallest absolute Gasteiger partial charge is 0.318 e. The second-order valence-electron chi connectivity index (χ2n) is 12.8. The molecule has 1 aromatic heterocycles. The molecular weight excluding hydrogens is 502 g/mol. The first kappa shape index (κ1) is 26.9. The quantitative estimate of drug-likeness (QED) is 0.570. The van der Waals surface area contributed by atoms with E-state index in [9.17, 15) is 4.79 Å². The molecule has 0 bridgehead atoms. The van der Waals surface area contributed by atoms with Gasteiger partial charge in [-0.05, 0) is 57.9 Å². The minimum atomic E-state index is -2.94. The molecule has 5 aliphatic rings. The van der Waals surface area contributed by atoms with E-state index in [2.05, 4.69) is 41.0 Å². The predicted octanol–water partition coefficient (Wildman–Crippen LogP) is 4.46. The van der Waals surface area contributed by atoms with Crippen LogP contribution in [0, 0.1) is 0 Å². The number of piperazine rings is 1. The van der Waals surface area contributed by atoms with E-state index < -0.39 is 18.0 Å². The van der Waals surface area contributed by atoms with E-state index in [1.54, 1.807) is 4.90 Å². The number of alkyl halides is 2. The van der Waals surface area contributed by atoms with E-state index in [-0.39, 0.29) is 23.9 Å². The Balaban J connectivity index is 1.17. The highest BCUT2D eigenvalue weighted by atomic mass is 19.3. The third-order valence-corrected chi connectivity index (χ3v) is 9.73. The van der Waals surface area contributed by atoms with Gasteiger partial charge in [0.05, 0.1) is 6.04 Å². The lowest BCUT2D eigenvalue weighted by Crippen LogP contribution is -2.66. The van der Waals surface area contributed by atoms with Gasteiger partial charge in [0.2, 0.25) is 5.89 Å². The van der Waals surface area contributed by atoms with Gasteiger partial charge in [0.25, 0.3) is 5.92 Å². The van der Waals surface area contributed by atoms with Gasteiger partial charge >= 0.3 is 6.03 Å². The standard InChI is InChI=1S/C29H42F2N6O2/c1-19(2)35-14-16-36(17-15-35)22-8-5-11-29(30,31)24(22)32-27(38)37-13-12-28(3,18-23(37)20-6-4-7-20)26-33-25(39-34-26)21-9-10-21/h4,6-7,19,21-24H,5,8-18H2,1-3H3,(H,32,38)/t22-,23?,24+,28?/m1/s1. The van der Waals surface area contributed by atoms with Crippen molar-refractivity contribution < 1.29 is 18.1 Å². The lowest BCUT2D eigenvalue weighted by molar-refractivity contribution is -0.0976. The average molecular weight is 545 g/mol. The number of aromatic nitrogens is 2. The van der Waals surface area contributed by atoms with Crippen molar-refractivity contribution in [3.05, 3.63) is 35.5 Å². The summed E-state index contributed by atoms with van der Waals surface area (Å²) in [5.41, 5.74) is 0.689. The minimum absolute atomic E-state index is 0.184. The number of amides is 2. The number of likely N-dealkylation sites (tertiary alicyclic amines) is 1. The molecule has 1 N–H and O–H groups in total. The molecule has 10 heteroatoms. The third-order valence-electron chi connectivity index (χ3n) is 9.73. The van der Waals surface area contributed by atoms with Gasteiger partial charge in [-0.3, -0.25) is 9.80 Å². The van der Waals surface area contributed by atoms with Gasteiger partial charge in [-0.25, -0.2) is 13.6 Å². The maximum absolute atomic E-state index is 15.4. The van der Waals surface area contributed by atoms with E-state index in [0.717, 1.165) is 44.6 Å². The SMILES string of the molecule is CC(C)N1CCN([C@@H]2CCCC(F)(F)[C@H]2NC(=O)N2CCC(C)(c3noc(C4CC4)n3)CC2C2=CC=C2)CC1. The summed E-state index contributed by atoms with van der Waals surface area (Å²) in [4.78, 5) is 24.8. The molecule has 0 radical (unpaired) electrons. The van der Waals surface area contributed by atoms with Gasteiger partial charge < -0.3 is 14.7 Å². The number of halogens is 2. The summed E-state index contributed by atoms with van der Waals surface area (Å²) in [6, 6.07) is -1.72. The van der Waals surface area contributed by atoms with Crippen molar-refractivity contribution in [2.24, 2.45) is 0 Å². The van der Waals surface area contributed by atoms with Crippen LogP contribution >= 0.6 is 0 Å². The Morgan fingerprint density at radius 1 is 1.13 bits per heavy atom. The van der Waals surface area contributed by atoms with Crippen molar-refractivity contribution in [1.29, 1.82) is 0 Å². The number of carbonyl (C=O) groups excluding carboxylic acids is 1. The first-order valence-electron chi connectivity index (χ1n) is 14.8. The van der Waals surface area contributed by atoms with Crippen molar-refractivity contribution in [3.8, 4) is 0 Å². The summed E-state index contributed by atoms with van der Waals surface area (Å²) in [7, 11) is 0. The maximum Gasteiger partial charge on any atom is 0.318 e. The lowest BCUT2D eigenvalue weighted by atomic mass is 9.73. The van der Waals surface area contributed by atoms with Crippen LogP contribution in [0.1, 0.15) is 83.3 Å². The van der Waals surface area contributed by atoms with Crippen molar-refractivity contribution in [1.82, 2.24) is 30.2 Å². The number of hydrogen-bond acceptors (Lipinski definition) is 6. The van der Waals surface area contributed by atoms with E-state index in [0.29, 0.717) is 55.9 Å². The van der Waals surface area contributed by atoms with E-state index in [1.165, 1.54) is 0 Å². The number of urea groups is 1. The molecule has 214 valence electrons. The van der Waals surface area contributed by atoms with Crippen LogP contribution in [0.3, 0.4) is 0 Å². The molecule has 39 heavy (non-hydrogen) atoms. The Morgan fingerprint density at radius 2 is 1.87 bits per heavy atom. The van der Waals surface area contributed by atoms with E-state index in [1.807, 2.05) is 18.2 Å². The molecule has 8 nitrogen and oxygen atoms in total. The van der Waals surface area contributed by atoms with Gasteiger partial charge in [0.15, 0.2) is 5.82 Å². The maximum atomic E-state index is 15.4. The molecule has 3 aliphatic carbocycles. The van der Waals surface area contributed by atoms with Crippen molar-refractivity contribution >= 4 is 6.03 Å². The Kier molecular flexibility index (Phi) is 7.06. The van der Waals surface area contributed by atoms with Crippen LogP contribution in [0.15, 0.2) is 28.3 Å². The van der Waals surface area contributed by atoms with Crippen molar-refractivity contribution in [3.63, 3.8) is 0 Å². The molecule has 2 unspecified atom stereocenters. The van der Waals surface area contributed by atoms with Gasteiger partial charge in [-0.1, -0.05) is 30.3 Å². The fraction of sp³-hybridized carbons (Fsp3) is 0.759. The van der Waals surface area contributed by atoms with Gasteiger partial charge in [0.1, 0.15) is 6.04 Å². The highest BCUT2D eigenvalue weighted by molar-refractivity contribution is 5.76. The summed E-state index contributed by atoms with van der Waals surface area (Å²) in [6.07, 6.45) is 10.4. The van der Waals surface area contributed by atoms with E-state index >= 15 is 8.78 Å². The van der Waals surface area contributed by atoms with Crippen LogP contribution < -0.4 is 5.32 Å². The first-order chi connectivity index (χ1) is 18.6. The molecule has 2 aliphatic heterocycles. The molecule has 0 aromatic carbocycles. The predicted molar refractivity (Wildman–Crippen MR) is 144 cm³/mol. The zero-order chi connectivity index (χ0) is 27.4. The van der Waals surface area contributed by atoms with E-state index in [4.69, 9.17) is 9.51 Å². The monoisotopic (exact) mass is 544 g/mol. The zero-order valence-corrected chi connectivity index (χ0v) is 23.4. The summed E-state index contributed by atoms with van der Waals surface area (Å²) in [6.45, 7) is 10.2. The van der Waals surface area contributed by atoms with Crippen LogP contribution in [-0.4, -0.2) is 93.7 Å². The molecule has 3 heterocycles. The topological polar surface area (TPSA) is 77.7 Å². The van der Waals surface area contributed by atoms with Crippen molar-refractivity contribution in [2.75, 3.05) is 32.7 Å². The molecule has 4 fully saturated rings. The molecule has 6 rings (SSSR count). The first-order valence-corrected chi connectivity index (χ1v) is 14.8. The number of piperidine rings is 1. The molecule has 4 atom stereocenters. The number of rotatable bonds is 6. The largest absolute Gasteiger partial charge is 0.339 e. The fourth-order valence-electron chi connectivity index (χ4n) is 6.86. The Bertz CT molecular complexity index is 1120. The van der Waals surface area contributed by atoms with Crippen LogP contribution in [0.5, 0.6) is 0 Å². The highest BCUT2D eigenvalue weighted by Gasteiger charge is 2.51. The average Bonchev–Trinajstić information content (AvgIpc) is 3.59. The fourth-order valence-corrected chi connectivity index (χ4v) is 6.86. The molecular formula is C29H42F2N6O2. The number of hydrogen-bond donors (Lipinski definition) is 1. The van der Waals surface area contributed by atoms with Gasteiger partial charge in [-0.2, -0.15) is 4.98 Å². The Hall–Kier alpha value is -2.33. The number of nitrogens with one attached hydrogen (secondary N) is 1. The molecule has 0 spiro atoms. The Morgan fingerprint density at radius 3 is 2.51 bits per heavy atom. The zero-order valence-electron chi connectivity index (χ0n) is 23.4. The third kappa shape index (κ3) is 5.26. The lowest BCUT2D eigenvalue weighted by Gasteiger charge is -2.49.